The normalized spacial score (nSPS) is 24.6. The number of benzene rings is 1. The lowest BCUT2D eigenvalue weighted by atomic mass is 10.1. The molecule has 1 saturated heterocycles. The molecule has 1 aliphatic heterocycles. The van der Waals surface area contributed by atoms with Crippen LogP contribution < -0.4 is 10.1 Å². The first-order chi connectivity index (χ1) is 13.6. The Morgan fingerprint density at radius 3 is 2.61 bits per heavy atom. The van der Waals surface area contributed by atoms with Gasteiger partial charge in [-0.2, -0.15) is 0 Å². The molecule has 0 saturated carbocycles. The predicted molar refractivity (Wildman–Crippen MR) is 98.7 cm³/mol. The SMILES string of the molecule is COc1ccc(CNc2ncnc3c2ncn3C2OC(CO)C(O)C2O)cc1. The monoisotopic (exact) mass is 387 g/mol. The van der Waals surface area contributed by atoms with Crippen molar-refractivity contribution in [3.05, 3.63) is 42.5 Å². The van der Waals surface area contributed by atoms with E-state index in [9.17, 15) is 15.3 Å². The minimum atomic E-state index is -1.21. The Hall–Kier alpha value is -2.79. The van der Waals surface area contributed by atoms with Crippen molar-refractivity contribution in [2.75, 3.05) is 19.0 Å². The molecule has 0 bridgehead atoms. The van der Waals surface area contributed by atoms with E-state index in [4.69, 9.17) is 9.47 Å². The topological polar surface area (TPSA) is 135 Å². The summed E-state index contributed by atoms with van der Waals surface area (Å²) in [4.78, 5) is 12.8. The van der Waals surface area contributed by atoms with Crippen LogP contribution in [0.25, 0.3) is 11.2 Å². The fraction of sp³-hybridized carbons (Fsp3) is 0.389. The van der Waals surface area contributed by atoms with E-state index in [-0.39, 0.29) is 0 Å². The highest BCUT2D eigenvalue weighted by atomic mass is 16.6. The van der Waals surface area contributed by atoms with Gasteiger partial charge >= 0.3 is 0 Å². The number of fused-ring (bicyclic) bond motifs is 1. The zero-order chi connectivity index (χ0) is 19.7. The highest BCUT2D eigenvalue weighted by Gasteiger charge is 2.44. The van der Waals surface area contributed by atoms with Crippen molar-refractivity contribution in [2.45, 2.75) is 31.1 Å². The van der Waals surface area contributed by atoms with Crippen LogP contribution in [-0.2, 0) is 11.3 Å². The summed E-state index contributed by atoms with van der Waals surface area (Å²) in [5.41, 5.74) is 1.99. The van der Waals surface area contributed by atoms with E-state index in [2.05, 4.69) is 20.3 Å². The Labute approximate surface area is 160 Å². The number of hydrogen-bond acceptors (Lipinski definition) is 9. The van der Waals surface area contributed by atoms with Crippen LogP contribution in [0.5, 0.6) is 5.75 Å². The molecule has 1 fully saturated rings. The fourth-order valence-corrected chi connectivity index (χ4v) is 3.21. The van der Waals surface area contributed by atoms with E-state index >= 15 is 0 Å². The molecule has 0 spiro atoms. The summed E-state index contributed by atoms with van der Waals surface area (Å²) in [6.07, 6.45) is -1.31. The highest BCUT2D eigenvalue weighted by molar-refractivity contribution is 5.82. The first-order valence-electron chi connectivity index (χ1n) is 8.79. The second-order valence-electron chi connectivity index (χ2n) is 6.48. The Morgan fingerprint density at radius 2 is 1.93 bits per heavy atom. The van der Waals surface area contributed by atoms with Crippen LogP contribution in [-0.4, -0.2) is 66.9 Å². The molecule has 4 atom stereocenters. The molecule has 28 heavy (non-hydrogen) atoms. The van der Waals surface area contributed by atoms with E-state index in [1.165, 1.54) is 17.2 Å². The first kappa shape index (κ1) is 18.6. The molecular weight excluding hydrogens is 366 g/mol. The molecule has 1 aromatic carbocycles. The molecule has 10 heteroatoms. The molecule has 4 N–H and O–H groups in total. The van der Waals surface area contributed by atoms with Gasteiger partial charge in [-0.05, 0) is 17.7 Å². The van der Waals surface area contributed by atoms with E-state index in [0.29, 0.717) is 23.5 Å². The standard InChI is InChI=1S/C18H21N5O5/c1-27-11-4-2-10(3-5-11)6-19-16-13-17(21-8-20-16)23(9-22-13)18-15(26)14(25)12(7-24)28-18/h2-5,8-9,12,14-15,18,24-26H,6-7H2,1H3,(H,19,20,21). The van der Waals surface area contributed by atoms with Gasteiger partial charge < -0.3 is 30.1 Å². The minimum Gasteiger partial charge on any atom is -0.497 e. The van der Waals surface area contributed by atoms with E-state index in [0.717, 1.165) is 11.3 Å². The molecule has 4 rings (SSSR count). The zero-order valence-electron chi connectivity index (χ0n) is 15.1. The van der Waals surface area contributed by atoms with E-state index in [1.54, 1.807) is 7.11 Å². The molecule has 1 aliphatic rings. The number of nitrogens with zero attached hydrogens (tertiary/aromatic N) is 4. The van der Waals surface area contributed by atoms with Gasteiger partial charge in [-0.3, -0.25) is 4.57 Å². The Bertz CT molecular complexity index is 947. The van der Waals surface area contributed by atoms with Crippen LogP contribution >= 0.6 is 0 Å². The average molecular weight is 387 g/mol. The number of aliphatic hydroxyl groups is 3. The maximum atomic E-state index is 10.3. The molecule has 148 valence electrons. The highest BCUT2D eigenvalue weighted by Crippen LogP contribution is 2.32. The number of rotatable bonds is 6. The minimum absolute atomic E-state index is 0.398. The number of imidazole rings is 1. The molecule has 2 aromatic heterocycles. The summed E-state index contributed by atoms with van der Waals surface area (Å²) in [5, 5.41) is 32.7. The predicted octanol–water partition coefficient (Wildman–Crippen LogP) is 0.0585. The number of hydrogen-bond donors (Lipinski definition) is 4. The largest absolute Gasteiger partial charge is 0.497 e. The lowest BCUT2D eigenvalue weighted by Crippen LogP contribution is -2.33. The molecule has 10 nitrogen and oxygen atoms in total. The van der Waals surface area contributed by atoms with Gasteiger partial charge in [0.15, 0.2) is 23.2 Å². The third-order valence-corrected chi connectivity index (χ3v) is 4.77. The quantitative estimate of drug-likeness (QED) is 0.463. The van der Waals surface area contributed by atoms with Gasteiger partial charge in [0.05, 0.1) is 20.0 Å². The second-order valence-corrected chi connectivity index (χ2v) is 6.48. The summed E-state index contributed by atoms with van der Waals surface area (Å²) < 4.78 is 12.2. The molecule has 0 amide bonds. The maximum Gasteiger partial charge on any atom is 0.167 e. The van der Waals surface area contributed by atoms with Crippen LogP contribution in [0.4, 0.5) is 5.82 Å². The molecule has 0 aliphatic carbocycles. The third-order valence-electron chi connectivity index (χ3n) is 4.77. The summed E-state index contributed by atoms with van der Waals surface area (Å²) in [5.74, 6) is 1.32. The molecule has 3 heterocycles. The van der Waals surface area contributed by atoms with Crippen LogP contribution in [0.2, 0.25) is 0 Å². The zero-order valence-corrected chi connectivity index (χ0v) is 15.1. The Balaban J connectivity index is 1.56. The van der Waals surface area contributed by atoms with Crippen molar-refractivity contribution in [1.29, 1.82) is 0 Å². The first-order valence-corrected chi connectivity index (χ1v) is 8.79. The van der Waals surface area contributed by atoms with Gasteiger partial charge in [-0.25, -0.2) is 15.0 Å². The number of methoxy groups -OCH3 is 1. The smallest absolute Gasteiger partial charge is 0.167 e. The van der Waals surface area contributed by atoms with Crippen molar-refractivity contribution in [3.63, 3.8) is 0 Å². The van der Waals surface area contributed by atoms with Crippen LogP contribution in [0.15, 0.2) is 36.9 Å². The van der Waals surface area contributed by atoms with Crippen molar-refractivity contribution >= 4 is 17.0 Å². The summed E-state index contributed by atoms with van der Waals surface area (Å²) >= 11 is 0. The van der Waals surface area contributed by atoms with E-state index < -0.39 is 31.1 Å². The van der Waals surface area contributed by atoms with Crippen LogP contribution in [0.1, 0.15) is 11.8 Å². The fourth-order valence-electron chi connectivity index (χ4n) is 3.21. The maximum absolute atomic E-state index is 10.3. The van der Waals surface area contributed by atoms with E-state index in [1.807, 2.05) is 24.3 Å². The van der Waals surface area contributed by atoms with Gasteiger partial charge in [0.25, 0.3) is 0 Å². The average Bonchev–Trinajstić information content (AvgIpc) is 3.28. The molecule has 3 aromatic rings. The molecule has 4 unspecified atom stereocenters. The van der Waals surface area contributed by atoms with Crippen molar-refractivity contribution in [2.24, 2.45) is 0 Å². The third kappa shape index (κ3) is 3.27. The summed E-state index contributed by atoms with van der Waals surface area (Å²) in [7, 11) is 1.62. The van der Waals surface area contributed by atoms with Gasteiger partial charge in [0, 0.05) is 6.54 Å². The van der Waals surface area contributed by atoms with Crippen molar-refractivity contribution in [3.8, 4) is 5.75 Å². The lowest BCUT2D eigenvalue weighted by Gasteiger charge is -2.16. The number of anilines is 1. The van der Waals surface area contributed by atoms with Gasteiger partial charge in [0.1, 0.15) is 30.4 Å². The Morgan fingerprint density at radius 1 is 1.14 bits per heavy atom. The number of aromatic nitrogens is 4. The van der Waals surface area contributed by atoms with Gasteiger partial charge in [-0.1, -0.05) is 12.1 Å². The van der Waals surface area contributed by atoms with Gasteiger partial charge in [0.2, 0.25) is 0 Å². The summed E-state index contributed by atoms with van der Waals surface area (Å²) in [6, 6.07) is 7.65. The number of nitrogens with one attached hydrogen (secondary N) is 1. The Kier molecular flexibility index (Phi) is 5.09. The van der Waals surface area contributed by atoms with Gasteiger partial charge in [-0.15, -0.1) is 0 Å². The number of ether oxygens (including phenoxy) is 2. The number of aliphatic hydroxyl groups excluding tert-OH is 3. The summed E-state index contributed by atoms with van der Waals surface area (Å²) in [6.45, 7) is 0.127. The molecule has 0 radical (unpaired) electrons. The molecular formula is C18H21N5O5. The van der Waals surface area contributed by atoms with Crippen molar-refractivity contribution < 1.29 is 24.8 Å². The lowest BCUT2D eigenvalue weighted by molar-refractivity contribution is -0.0511. The van der Waals surface area contributed by atoms with Crippen LogP contribution in [0, 0.1) is 0 Å². The van der Waals surface area contributed by atoms with Crippen molar-refractivity contribution in [1.82, 2.24) is 19.5 Å². The van der Waals surface area contributed by atoms with Crippen LogP contribution in [0.3, 0.4) is 0 Å². The second kappa shape index (κ2) is 7.68.